The highest BCUT2D eigenvalue weighted by molar-refractivity contribution is 5.08. The highest BCUT2D eigenvalue weighted by Crippen LogP contribution is 2.37. The molecule has 2 nitrogen and oxygen atoms in total. The number of nitrogens with zero attached hydrogens (tertiary/aromatic N) is 2. The van der Waals surface area contributed by atoms with Crippen molar-refractivity contribution >= 4 is 0 Å². The lowest BCUT2D eigenvalue weighted by molar-refractivity contribution is 0.917. The molecule has 2 rings (SSSR count). The van der Waals surface area contributed by atoms with E-state index in [2.05, 4.69) is 9.97 Å². The Morgan fingerprint density at radius 2 is 1.67 bits per heavy atom. The summed E-state index contributed by atoms with van der Waals surface area (Å²) in [6.07, 6.45) is 6.34. The van der Waals surface area contributed by atoms with E-state index in [1.54, 1.807) is 0 Å². The summed E-state index contributed by atoms with van der Waals surface area (Å²) < 4.78 is 0. The minimum atomic E-state index is 0.681. The quantitative estimate of drug-likeness (QED) is 0.637. The third-order valence-corrected chi connectivity index (χ3v) is 1.74. The van der Waals surface area contributed by atoms with E-state index in [4.69, 9.17) is 0 Å². The maximum absolute atomic E-state index is 4.23. The first kappa shape index (κ1) is 9.17. The molecule has 0 amide bonds. The molecule has 0 atom stereocenters. The second-order valence-electron chi connectivity index (χ2n) is 2.89. The zero-order chi connectivity index (χ0) is 8.97. The Morgan fingerprint density at radius 1 is 1.17 bits per heavy atom. The van der Waals surface area contributed by atoms with Crippen molar-refractivity contribution in [3.05, 3.63) is 23.8 Å². The van der Waals surface area contributed by atoms with Gasteiger partial charge in [0.15, 0.2) is 0 Å². The van der Waals surface area contributed by atoms with Crippen LogP contribution in [0.1, 0.15) is 44.0 Å². The van der Waals surface area contributed by atoms with Crippen molar-refractivity contribution in [3.8, 4) is 0 Å². The largest absolute Gasteiger partial charge is 0.241 e. The Bertz CT molecular complexity index is 224. The van der Waals surface area contributed by atoms with E-state index in [0.717, 1.165) is 11.4 Å². The van der Waals surface area contributed by atoms with Crippen LogP contribution in [-0.2, 0) is 0 Å². The minimum absolute atomic E-state index is 0.681. The fourth-order valence-electron chi connectivity index (χ4n) is 0.955. The first-order chi connectivity index (χ1) is 5.86. The van der Waals surface area contributed by atoms with Crippen molar-refractivity contribution < 1.29 is 0 Å². The minimum Gasteiger partial charge on any atom is -0.241 e. The van der Waals surface area contributed by atoms with Gasteiger partial charge in [-0.25, -0.2) is 9.97 Å². The van der Waals surface area contributed by atoms with Gasteiger partial charge in [0.2, 0.25) is 0 Å². The molecule has 0 spiro atoms. The van der Waals surface area contributed by atoms with Gasteiger partial charge in [0.1, 0.15) is 5.82 Å². The third-order valence-electron chi connectivity index (χ3n) is 1.74. The number of hydrogen-bond acceptors (Lipinski definition) is 2. The van der Waals surface area contributed by atoms with E-state index in [1.165, 1.54) is 12.8 Å². The summed E-state index contributed by atoms with van der Waals surface area (Å²) in [5.74, 6) is 1.71. The molecule has 1 heterocycles. The Labute approximate surface area is 74.1 Å². The van der Waals surface area contributed by atoms with Crippen molar-refractivity contribution in [1.82, 2.24) is 9.97 Å². The fourth-order valence-corrected chi connectivity index (χ4v) is 0.955. The molecule has 0 N–H and O–H groups in total. The fraction of sp³-hybridized carbons (Fsp3) is 0.600. The van der Waals surface area contributed by atoms with Crippen molar-refractivity contribution in [1.29, 1.82) is 0 Å². The summed E-state index contributed by atoms with van der Waals surface area (Å²) in [6.45, 7) is 6.01. The van der Waals surface area contributed by atoms with Crippen LogP contribution in [0.15, 0.2) is 12.4 Å². The van der Waals surface area contributed by atoms with E-state index in [0.29, 0.717) is 5.92 Å². The molecule has 0 unspecified atom stereocenters. The molecule has 12 heavy (non-hydrogen) atoms. The lowest BCUT2D eigenvalue weighted by Crippen LogP contribution is -1.90. The number of hydrogen-bond donors (Lipinski definition) is 0. The predicted octanol–water partition coefficient (Wildman–Crippen LogP) is 2.69. The number of aryl methyl sites for hydroxylation is 1. The zero-order valence-corrected chi connectivity index (χ0v) is 8.04. The van der Waals surface area contributed by atoms with Gasteiger partial charge >= 0.3 is 0 Å². The monoisotopic (exact) mass is 164 g/mol. The van der Waals surface area contributed by atoms with E-state index in [1.807, 2.05) is 33.2 Å². The topological polar surface area (TPSA) is 25.8 Å². The Balaban J connectivity index is 0.000000336. The third kappa shape index (κ3) is 2.29. The average molecular weight is 164 g/mol. The van der Waals surface area contributed by atoms with Gasteiger partial charge in [-0.2, -0.15) is 0 Å². The summed E-state index contributed by atoms with van der Waals surface area (Å²) in [4.78, 5) is 8.46. The second kappa shape index (κ2) is 4.19. The van der Waals surface area contributed by atoms with Gasteiger partial charge in [0.25, 0.3) is 0 Å². The molecule has 2 heteroatoms. The van der Waals surface area contributed by atoms with Gasteiger partial charge in [-0.15, -0.1) is 0 Å². The van der Waals surface area contributed by atoms with Gasteiger partial charge < -0.3 is 0 Å². The van der Waals surface area contributed by atoms with Crippen LogP contribution in [-0.4, -0.2) is 9.97 Å². The molecule has 0 bridgehead atoms. The van der Waals surface area contributed by atoms with Crippen LogP contribution in [0.3, 0.4) is 0 Å². The zero-order valence-electron chi connectivity index (χ0n) is 8.04. The lowest BCUT2D eigenvalue weighted by atomic mass is 10.3. The lowest BCUT2D eigenvalue weighted by Gasteiger charge is -1.94. The number of rotatable bonds is 1. The summed E-state index contributed by atoms with van der Waals surface area (Å²) in [7, 11) is 0. The first-order valence-electron chi connectivity index (χ1n) is 4.65. The summed E-state index contributed by atoms with van der Waals surface area (Å²) in [6, 6.07) is 0. The van der Waals surface area contributed by atoms with Crippen LogP contribution in [0.4, 0.5) is 0 Å². The first-order valence-corrected chi connectivity index (χ1v) is 4.65. The maximum Gasteiger partial charge on any atom is 0.131 e. The van der Waals surface area contributed by atoms with Crippen LogP contribution < -0.4 is 0 Å². The Hall–Kier alpha value is -0.920. The van der Waals surface area contributed by atoms with Crippen molar-refractivity contribution in [3.63, 3.8) is 0 Å². The van der Waals surface area contributed by atoms with Gasteiger partial charge in [-0.05, 0) is 25.3 Å². The molecular weight excluding hydrogens is 148 g/mol. The van der Waals surface area contributed by atoms with E-state index in [9.17, 15) is 0 Å². The van der Waals surface area contributed by atoms with Crippen molar-refractivity contribution in [2.24, 2.45) is 0 Å². The van der Waals surface area contributed by atoms with E-state index in [-0.39, 0.29) is 0 Å². The average Bonchev–Trinajstić information content (AvgIpc) is 2.93. The van der Waals surface area contributed by atoms with Crippen LogP contribution >= 0.6 is 0 Å². The van der Waals surface area contributed by atoms with Gasteiger partial charge in [0.05, 0.1) is 0 Å². The molecule has 0 aromatic carbocycles. The number of aromatic nitrogens is 2. The van der Waals surface area contributed by atoms with Crippen molar-refractivity contribution in [2.45, 2.75) is 39.5 Å². The van der Waals surface area contributed by atoms with Gasteiger partial charge in [0, 0.05) is 18.3 Å². The molecule has 1 fully saturated rings. The highest BCUT2D eigenvalue weighted by Gasteiger charge is 2.25. The summed E-state index contributed by atoms with van der Waals surface area (Å²) in [5, 5.41) is 0. The van der Waals surface area contributed by atoms with Crippen molar-refractivity contribution in [2.75, 3.05) is 0 Å². The Morgan fingerprint density at radius 3 is 2.08 bits per heavy atom. The summed E-state index contributed by atoms with van der Waals surface area (Å²) >= 11 is 0. The molecule has 0 saturated heterocycles. The molecule has 1 aromatic rings. The highest BCUT2D eigenvalue weighted by atomic mass is 14.9. The van der Waals surface area contributed by atoms with Crippen LogP contribution in [0.2, 0.25) is 0 Å². The SMILES string of the molecule is CC.Cc1cnc(C2CC2)nc1. The molecule has 1 aromatic heterocycles. The molecule has 66 valence electrons. The molecular formula is C10H16N2. The van der Waals surface area contributed by atoms with Gasteiger partial charge in [-0.3, -0.25) is 0 Å². The molecule has 1 aliphatic carbocycles. The van der Waals surface area contributed by atoms with E-state index >= 15 is 0 Å². The molecule has 0 aliphatic heterocycles. The Kier molecular flexibility index (Phi) is 3.20. The normalized spacial score (nSPS) is 14.9. The van der Waals surface area contributed by atoms with E-state index < -0.39 is 0 Å². The molecule has 0 radical (unpaired) electrons. The smallest absolute Gasteiger partial charge is 0.131 e. The maximum atomic E-state index is 4.23. The second-order valence-corrected chi connectivity index (χ2v) is 2.89. The van der Waals surface area contributed by atoms with Crippen LogP contribution in [0.5, 0.6) is 0 Å². The predicted molar refractivity (Wildman–Crippen MR) is 50.1 cm³/mol. The van der Waals surface area contributed by atoms with Crippen LogP contribution in [0.25, 0.3) is 0 Å². The summed E-state index contributed by atoms with van der Waals surface area (Å²) in [5.41, 5.74) is 1.14. The van der Waals surface area contributed by atoms with Crippen LogP contribution in [0, 0.1) is 6.92 Å². The van der Waals surface area contributed by atoms with Gasteiger partial charge in [-0.1, -0.05) is 13.8 Å². The standard InChI is InChI=1S/C8H10N2.C2H6/c1-6-4-9-8(10-5-6)7-2-3-7;1-2/h4-5,7H,2-3H2,1H3;1-2H3. The molecule has 1 aliphatic rings. The molecule has 1 saturated carbocycles.